The summed E-state index contributed by atoms with van der Waals surface area (Å²) in [5.41, 5.74) is 2.29. The number of amides is 1. The fourth-order valence-electron chi connectivity index (χ4n) is 2.90. The summed E-state index contributed by atoms with van der Waals surface area (Å²) < 4.78 is 7.41. The van der Waals surface area contributed by atoms with E-state index in [1.165, 1.54) is 5.56 Å². The maximum Gasteiger partial charge on any atom is 0.222 e. The first-order chi connectivity index (χ1) is 11.2. The highest BCUT2D eigenvalue weighted by Gasteiger charge is 2.29. The highest BCUT2D eigenvalue weighted by molar-refractivity contribution is 5.76. The third kappa shape index (κ3) is 4.16. The minimum absolute atomic E-state index is 0.0510. The Morgan fingerprint density at radius 1 is 1.30 bits per heavy atom. The van der Waals surface area contributed by atoms with Gasteiger partial charge in [-0.15, -0.1) is 0 Å². The fraction of sp³-hybridized carbons (Fsp3) is 0.471. The smallest absolute Gasteiger partial charge is 0.222 e. The first-order valence-electron chi connectivity index (χ1n) is 7.97. The van der Waals surface area contributed by atoms with Crippen LogP contribution in [0.15, 0.2) is 36.8 Å². The van der Waals surface area contributed by atoms with Crippen molar-refractivity contribution in [1.29, 1.82) is 0 Å². The quantitative estimate of drug-likeness (QED) is 0.874. The summed E-state index contributed by atoms with van der Waals surface area (Å²) >= 11 is 0. The number of pyridine rings is 1. The lowest BCUT2D eigenvalue weighted by Crippen LogP contribution is -2.40. The largest absolute Gasteiger partial charge is 0.379 e. The SMILES string of the molecule is Cc1ccnn1CCC(=O)N[C@H]1COC[C@H]1Cc1ccncc1. The maximum atomic E-state index is 12.2. The monoisotopic (exact) mass is 314 g/mol. The van der Waals surface area contributed by atoms with Gasteiger partial charge in [-0.25, -0.2) is 0 Å². The molecule has 1 amide bonds. The van der Waals surface area contributed by atoms with Crippen molar-refractivity contribution in [1.82, 2.24) is 20.1 Å². The molecular formula is C17H22N4O2. The second kappa shape index (κ2) is 7.37. The minimum atomic E-state index is 0.0510. The molecule has 0 saturated carbocycles. The van der Waals surface area contributed by atoms with E-state index in [-0.39, 0.29) is 11.9 Å². The van der Waals surface area contributed by atoms with Gasteiger partial charge in [0.2, 0.25) is 5.91 Å². The lowest BCUT2D eigenvalue weighted by molar-refractivity contribution is -0.122. The van der Waals surface area contributed by atoms with Gasteiger partial charge in [0.1, 0.15) is 0 Å². The van der Waals surface area contributed by atoms with Gasteiger partial charge in [0.15, 0.2) is 0 Å². The normalized spacial score (nSPS) is 20.6. The molecule has 2 atom stereocenters. The molecule has 0 spiro atoms. The molecule has 0 bridgehead atoms. The Bertz CT molecular complexity index is 641. The molecule has 1 saturated heterocycles. The molecule has 1 aliphatic heterocycles. The van der Waals surface area contributed by atoms with Crippen molar-refractivity contribution >= 4 is 5.91 Å². The maximum absolute atomic E-state index is 12.2. The van der Waals surface area contributed by atoms with E-state index in [0.29, 0.717) is 32.1 Å². The van der Waals surface area contributed by atoms with Crippen molar-refractivity contribution in [2.24, 2.45) is 5.92 Å². The average Bonchev–Trinajstić information content (AvgIpc) is 3.16. The second-order valence-electron chi connectivity index (χ2n) is 5.98. The first-order valence-corrected chi connectivity index (χ1v) is 7.97. The molecule has 1 aliphatic rings. The van der Waals surface area contributed by atoms with Crippen LogP contribution in [0.4, 0.5) is 0 Å². The zero-order valence-electron chi connectivity index (χ0n) is 13.3. The van der Waals surface area contributed by atoms with E-state index in [1.54, 1.807) is 18.6 Å². The Morgan fingerprint density at radius 2 is 2.13 bits per heavy atom. The molecule has 2 aromatic rings. The van der Waals surface area contributed by atoms with Crippen LogP contribution in [-0.4, -0.2) is 39.9 Å². The van der Waals surface area contributed by atoms with E-state index >= 15 is 0 Å². The van der Waals surface area contributed by atoms with Crippen molar-refractivity contribution in [2.75, 3.05) is 13.2 Å². The number of aryl methyl sites for hydroxylation is 2. The summed E-state index contributed by atoms with van der Waals surface area (Å²) in [4.78, 5) is 16.2. The third-order valence-corrected chi connectivity index (χ3v) is 4.27. The summed E-state index contributed by atoms with van der Waals surface area (Å²) in [6.07, 6.45) is 6.67. The van der Waals surface area contributed by atoms with Crippen LogP contribution in [0.1, 0.15) is 17.7 Å². The number of rotatable bonds is 6. The number of aromatic nitrogens is 3. The van der Waals surface area contributed by atoms with Gasteiger partial charge in [-0.05, 0) is 37.1 Å². The lowest BCUT2D eigenvalue weighted by Gasteiger charge is -2.19. The Hall–Kier alpha value is -2.21. The first kappa shape index (κ1) is 15.7. The molecule has 6 nitrogen and oxygen atoms in total. The number of hydrogen-bond acceptors (Lipinski definition) is 4. The average molecular weight is 314 g/mol. The molecule has 3 rings (SSSR count). The molecule has 122 valence electrons. The van der Waals surface area contributed by atoms with E-state index in [4.69, 9.17) is 4.74 Å². The highest BCUT2D eigenvalue weighted by Crippen LogP contribution is 2.19. The van der Waals surface area contributed by atoms with Crippen LogP contribution >= 0.6 is 0 Å². The van der Waals surface area contributed by atoms with Crippen LogP contribution in [-0.2, 0) is 22.5 Å². The van der Waals surface area contributed by atoms with Crippen molar-refractivity contribution in [3.05, 3.63) is 48.0 Å². The van der Waals surface area contributed by atoms with E-state index < -0.39 is 0 Å². The predicted octanol–water partition coefficient (Wildman–Crippen LogP) is 1.35. The number of carbonyl (C=O) groups excluding carboxylic acids is 1. The Labute approximate surface area is 135 Å². The molecule has 0 aliphatic carbocycles. The van der Waals surface area contributed by atoms with Crippen LogP contribution in [0.5, 0.6) is 0 Å². The van der Waals surface area contributed by atoms with Gasteiger partial charge in [0, 0.05) is 43.2 Å². The molecule has 1 fully saturated rings. The number of ether oxygens (including phenoxy) is 1. The van der Waals surface area contributed by atoms with Gasteiger partial charge < -0.3 is 10.1 Å². The third-order valence-electron chi connectivity index (χ3n) is 4.27. The second-order valence-corrected chi connectivity index (χ2v) is 5.98. The summed E-state index contributed by atoms with van der Waals surface area (Å²) in [5, 5.41) is 7.31. The molecule has 2 aromatic heterocycles. The van der Waals surface area contributed by atoms with Crippen LogP contribution in [0.2, 0.25) is 0 Å². The van der Waals surface area contributed by atoms with Gasteiger partial charge >= 0.3 is 0 Å². The Morgan fingerprint density at radius 3 is 2.87 bits per heavy atom. The number of hydrogen-bond donors (Lipinski definition) is 1. The van der Waals surface area contributed by atoms with Crippen molar-refractivity contribution in [3.8, 4) is 0 Å². The van der Waals surface area contributed by atoms with Gasteiger partial charge in [0.25, 0.3) is 0 Å². The zero-order valence-corrected chi connectivity index (χ0v) is 13.3. The van der Waals surface area contributed by atoms with Gasteiger partial charge in [-0.1, -0.05) is 0 Å². The molecule has 23 heavy (non-hydrogen) atoms. The minimum Gasteiger partial charge on any atom is -0.379 e. The van der Waals surface area contributed by atoms with E-state index in [2.05, 4.69) is 15.4 Å². The van der Waals surface area contributed by atoms with E-state index in [1.807, 2.05) is 29.8 Å². The topological polar surface area (TPSA) is 69.0 Å². The summed E-state index contributed by atoms with van der Waals surface area (Å²) in [6.45, 7) is 3.86. The number of carbonyl (C=O) groups is 1. The lowest BCUT2D eigenvalue weighted by atomic mass is 9.95. The van der Waals surface area contributed by atoms with Gasteiger partial charge in [-0.3, -0.25) is 14.5 Å². The van der Waals surface area contributed by atoms with E-state index in [9.17, 15) is 4.79 Å². The molecule has 0 unspecified atom stereocenters. The Kier molecular flexibility index (Phi) is 5.02. The van der Waals surface area contributed by atoms with Crippen LogP contribution in [0.25, 0.3) is 0 Å². The van der Waals surface area contributed by atoms with Crippen molar-refractivity contribution in [3.63, 3.8) is 0 Å². The van der Waals surface area contributed by atoms with E-state index in [0.717, 1.165) is 12.1 Å². The van der Waals surface area contributed by atoms with Crippen LogP contribution in [0, 0.1) is 12.8 Å². The summed E-state index contributed by atoms with van der Waals surface area (Å²) in [6, 6.07) is 6.04. The predicted molar refractivity (Wildman–Crippen MR) is 85.8 cm³/mol. The summed E-state index contributed by atoms with van der Waals surface area (Å²) in [7, 11) is 0. The number of nitrogens with zero attached hydrogens (tertiary/aromatic N) is 3. The molecule has 0 aromatic carbocycles. The standard InChI is InChI=1S/C17H22N4O2/c1-13-2-8-19-21(13)9-5-17(22)20-16-12-23-11-15(16)10-14-3-6-18-7-4-14/h2-4,6-8,15-16H,5,9-12H2,1H3,(H,20,22)/t15-,16+/m1/s1. The fourth-order valence-corrected chi connectivity index (χ4v) is 2.90. The Balaban J connectivity index is 1.50. The zero-order chi connectivity index (χ0) is 16.1. The van der Waals surface area contributed by atoms with Gasteiger partial charge in [0.05, 0.1) is 19.3 Å². The van der Waals surface area contributed by atoms with Crippen molar-refractivity contribution < 1.29 is 9.53 Å². The number of nitrogens with one attached hydrogen (secondary N) is 1. The molecular weight excluding hydrogens is 292 g/mol. The van der Waals surface area contributed by atoms with Crippen molar-refractivity contribution in [2.45, 2.75) is 32.4 Å². The molecule has 6 heteroatoms. The molecule has 0 radical (unpaired) electrons. The molecule has 1 N–H and O–H groups in total. The van der Waals surface area contributed by atoms with Crippen LogP contribution < -0.4 is 5.32 Å². The van der Waals surface area contributed by atoms with Gasteiger partial charge in [-0.2, -0.15) is 5.10 Å². The van der Waals surface area contributed by atoms with Crippen LogP contribution in [0.3, 0.4) is 0 Å². The highest BCUT2D eigenvalue weighted by atomic mass is 16.5. The summed E-state index contributed by atoms with van der Waals surface area (Å²) in [5.74, 6) is 0.364. The molecule has 3 heterocycles.